The van der Waals surface area contributed by atoms with Crippen LogP contribution >= 0.6 is 0 Å². The van der Waals surface area contributed by atoms with Gasteiger partial charge >= 0.3 is 6.21 Å². The van der Waals surface area contributed by atoms with Gasteiger partial charge in [-0.25, -0.2) is 0 Å². The molecule has 0 radical (unpaired) electrons. The Morgan fingerprint density at radius 1 is 1.39 bits per heavy atom. The first kappa shape index (κ1) is 13.7. The van der Waals surface area contributed by atoms with Crippen molar-refractivity contribution in [1.29, 1.82) is 0 Å². The molecule has 2 atom stereocenters. The summed E-state index contributed by atoms with van der Waals surface area (Å²) in [4.78, 5) is 23.3. The van der Waals surface area contributed by atoms with Gasteiger partial charge < -0.3 is 15.7 Å². The van der Waals surface area contributed by atoms with Crippen LogP contribution in [0.5, 0.6) is 0 Å². The molecule has 0 aromatic heterocycles. The van der Waals surface area contributed by atoms with Gasteiger partial charge in [0.1, 0.15) is 6.10 Å². The summed E-state index contributed by atoms with van der Waals surface area (Å²) in [7, 11) is 0. The highest BCUT2D eigenvalue weighted by Gasteiger charge is 2.27. The smallest absolute Gasteiger partial charge is 0.326 e. The first-order valence-corrected chi connectivity index (χ1v) is 4.79. The van der Waals surface area contributed by atoms with Gasteiger partial charge in [-0.1, -0.05) is 0 Å². The van der Waals surface area contributed by atoms with E-state index in [1.54, 1.807) is 0 Å². The van der Waals surface area contributed by atoms with Crippen molar-refractivity contribution in [1.82, 2.24) is 0 Å². The third-order valence-electron chi connectivity index (χ3n) is 2.22. The molecule has 18 heavy (non-hydrogen) atoms. The fourth-order valence-corrected chi connectivity index (χ4v) is 1.26. The van der Waals surface area contributed by atoms with Crippen LogP contribution in [0.3, 0.4) is 0 Å². The zero-order valence-electron chi connectivity index (χ0n) is 9.00. The lowest BCUT2D eigenvalue weighted by atomic mass is 10.0. The van der Waals surface area contributed by atoms with Crippen LogP contribution in [-0.2, 0) is 4.79 Å². The van der Waals surface area contributed by atoms with Crippen LogP contribution in [0.25, 0.3) is 5.53 Å². The summed E-state index contributed by atoms with van der Waals surface area (Å²) in [6.45, 7) is 0. The molecular weight excluding hydrogens is 242 g/mol. The Hall–Kier alpha value is -2.41. The minimum Gasteiger partial charge on any atom is -0.385 e. The monoisotopic (exact) mass is 251 g/mol. The second kappa shape index (κ2) is 5.78. The second-order valence-electron chi connectivity index (χ2n) is 3.39. The zero-order valence-corrected chi connectivity index (χ0v) is 9.00. The van der Waals surface area contributed by atoms with Crippen molar-refractivity contribution in [3.8, 4) is 0 Å². The number of rotatable bonds is 5. The lowest BCUT2D eigenvalue weighted by Gasteiger charge is -2.13. The molecule has 8 nitrogen and oxygen atoms in total. The quantitative estimate of drug-likeness (QED) is 0.246. The number of hydrogen-bond donors (Lipinski definition) is 2. The zero-order chi connectivity index (χ0) is 13.7. The largest absolute Gasteiger partial charge is 0.385 e. The Morgan fingerprint density at radius 3 is 2.39 bits per heavy atom. The molecular formula is C10H9N3O5. The van der Waals surface area contributed by atoms with Gasteiger partial charge in [-0.05, 0) is 17.7 Å². The number of Topliss-reactive ketones (excluding diaryl/α,β-unsaturated/α-hetero) is 1. The van der Waals surface area contributed by atoms with Gasteiger partial charge in [-0.15, -0.1) is 0 Å². The number of nitro groups is 1. The summed E-state index contributed by atoms with van der Waals surface area (Å²) < 4.78 is 0. The Bertz CT molecular complexity index is 507. The molecule has 0 spiro atoms. The van der Waals surface area contributed by atoms with Crippen molar-refractivity contribution < 1.29 is 24.7 Å². The molecule has 0 aliphatic heterocycles. The standard InChI is InChI=1S/C10H9N3O5/c11-12-5-8(14)10(16)9(15)6-1-3-7(4-2-6)13(17)18/h1-5,9-10,15-16H/t9-,10-/m0/s1. The normalized spacial score (nSPS) is 13.2. The van der Waals surface area contributed by atoms with E-state index in [0.29, 0.717) is 6.21 Å². The van der Waals surface area contributed by atoms with E-state index in [2.05, 4.69) is 4.79 Å². The van der Waals surface area contributed by atoms with E-state index in [1.807, 2.05) is 0 Å². The van der Waals surface area contributed by atoms with Crippen LogP contribution < -0.4 is 0 Å². The molecule has 8 heteroatoms. The van der Waals surface area contributed by atoms with Gasteiger partial charge in [0.05, 0.1) is 4.92 Å². The number of ketones is 1. The Morgan fingerprint density at radius 2 is 1.94 bits per heavy atom. The number of benzene rings is 1. The van der Waals surface area contributed by atoms with Crippen molar-refractivity contribution in [2.75, 3.05) is 0 Å². The molecule has 0 saturated heterocycles. The first-order chi connectivity index (χ1) is 8.47. The van der Waals surface area contributed by atoms with Crippen molar-refractivity contribution in [2.45, 2.75) is 12.2 Å². The van der Waals surface area contributed by atoms with Crippen LogP contribution in [0.2, 0.25) is 0 Å². The highest BCUT2D eigenvalue weighted by atomic mass is 16.6. The van der Waals surface area contributed by atoms with Crippen molar-refractivity contribution >= 4 is 17.7 Å². The molecule has 1 aromatic carbocycles. The van der Waals surface area contributed by atoms with Crippen LogP contribution in [-0.4, -0.2) is 38.0 Å². The summed E-state index contributed by atoms with van der Waals surface area (Å²) in [5.41, 5.74) is 8.07. The molecule has 2 N–H and O–H groups in total. The lowest BCUT2D eigenvalue weighted by Crippen LogP contribution is -2.29. The molecule has 0 saturated carbocycles. The van der Waals surface area contributed by atoms with Crippen LogP contribution in [0.1, 0.15) is 11.7 Å². The molecule has 1 aromatic rings. The highest BCUT2D eigenvalue weighted by Crippen LogP contribution is 2.20. The predicted molar refractivity (Wildman–Crippen MR) is 58.8 cm³/mol. The molecule has 94 valence electrons. The average Bonchev–Trinajstić information content (AvgIpc) is 2.37. The van der Waals surface area contributed by atoms with E-state index >= 15 is 0 Å². The second-order valence-corrected chi connectivity index (χ2v) is 3.39. The fourth-order valence-electron chi connectivity index (χ4n) is 1.26. The van der Waals surface area contributed by atoms with Gasteiger partial charge in [0, 0.05) is 12.1 Å². The average molecular weight is 251 g/mol. The fraction of sp³-hybridized carbons (Fsp3) is 0.200. The number of non-ortho nitro benzene ring substituents is 1. The molecule has 1 rings (SSSR count). The highest BCUT2D eigenvalue weighted by molar-refractivity contribution is 6.27. The first-order valence-electron chi connectivity index (χ1n) is 4.79. The van der Waals surface area contributed by atoms with Crippen LogP contribution in [0.15, 0.2) is 24.3 Å². The van der Waals surface area contributed by atoms with E-state index < -0.39 is 22.9 Å². The molecule has 0 unspecified atom stereocenters. The summed E-state index contributed by atoms with van der Waals surface area (Å²) in [6, 6.07) is 4.70. The van der Waals surface area contributed by atoms with E-state index in [9.17, 15) is 25.1 Å². The third kappa shape index (κ3) is 3.05. The minimum atomic E-state index is -1.80. The number of nitrogens with zero attached hydrogens (tertiary/aromatic N) is 3. The summed E-state index contributed by atoms with van der Waals surface area (Å²) >= 11 is 0. The number of hydrogen-bond acceptors (Lipinski definition) is 5. The van der Waals surface area contributed by atoms with E-state index in [-0.39, 0.29) is 11.3 Å². The Labute approximate surface area is 101 Å². The number of aliphatic hydroxyl groups is 2. The number of aliphatic hydroxyl groups excluding tert-OH is 2. The molecule has 0 heterocycles. The summed E-state index contributed by atoms with van der Waals surface area (Å²) in [6.07, 6.45) is -2.90. The topological polar surface area (TPSA) is 137 Å². The van der Waals surface area contributed by atoms with Crippen LogP contribution in [0, 0.1) is 10.1 Å². The summed E-state index contributed by atoms with van der Waals surface area (Å²) in [5, 5.41) is 29.4. The lowest BCUT2D eigenvalue weighted by molar-refractivity contribution is -0.384. The molecule has 0 fully saturated rings. The third-order valence-corrected chi connectivity index (χ3v) is 2.22. The number of carbonyl (C=O) groups is 1. The molecule has 0 bridgehead atoms. The van der Waals surface area contributed by atoms with Crippen molar-refractivity contribution in [2.24, 2.45) is 0 Å². The maximum atomic E-state index is 11.1. The SMILES string of the molecule is [N-]=[N+]=CC(=O)[C@H](O)[C@@H](O)c1ccc([N+](=O)[O-])cc1. The predicted octanol–water partition coefficient (Wildman–Crippen LogP) is -0.141. The van der Waals surface area contributed by atoms with Crippen molar-refractivity contribution in [3.05, 3.63) is 45.5 Å². The van der Waals surface area contributed by atoms with Gasteiger partial charge in [0.25, 0.3) is 11.5 Å². The molecule has 0 aliphatic rings. The molecule has 0 aliphatic carbocycles. The van der Waals surface area contributed by atoms with Gasteiger partial charge in [0.2, 0.25) is 0 Å². The van der Waals surface area contributed by atoms with E-state index in [1.165, 1.54) is 12.1 Å². The maximum Gasteiger partial charge on any atom is 0.326 e. The van der Waals surface area contributed by atoms with Crippen molar-refractivity contribution in [3.63, 3.8) is 0 Å². The van der Waals surface area contributed by atoms with Gasteiger partial charge in [-0.2, -0.15) is 4.79 Å². The maximum absolute atomic E-state index is 11.1. The number of carbonyl (C=O) groups excluding carboxylic acids is 1. The summed E-state index contributed by atoms with van der Waals surface area (Å²) in [5.74, 6) is -0.983. The van der Waals surface area contributed by atoms with Gasteiger partial charge in [0.15, 0.2) is 6.10 Å². The Kier molecular flexibility index (Phi) is 4.39. The van der Waals surface area contributed by atoms with E-state index in [0.717, 1.165) is 12.1 Å². The molecule has 0 amide bonds. The minimum absolute atomic E-state index is 0.132. The number of nitro benzene ring substituents is 1. The van der Waals surface area contributed by atoms with Gasteiger partial charge in [-0.3, -0.25) is 14.9 Å². The Balaban J connectivity index is 2.90. The van der Waals surface area contributed by atoms with Crippen LogP contribution in [0.4, 0.5) is 5.69 Å². The van der Waals surface area contributed by atoms with E-state index in [4.69, 9.17) is 5.53 Å².